The summed E-state index contributed by atoms with van der Waals surface area (Å²) in [6.07, 6.45) is 5.95. The van der Waals surface area contributed by atoms with Crippen molar-refractivity contribution in [1.82, 2.24) is 19.4 Å². The molecule has 1 N–H and O–H groups in total. The first kappa shape index (κ1) is 15.1. The highest BCUT2D eigenvalue weighted by atomic mass is 35.5. The highest BCUT2D eigenvalue weighted by Gasteiger charge is 2.34. The molecule has 6 nitrogen and oxygen atoms in total. The molecule has 0 spiro atoms. The third-order valence-corrected chi connectivity index (χ3v) is 4.16. The van der Waals surface area contributed by atoms with E-state index in [1.807, 2.05) is 10.8 Å². The zero-order valence-corrected chi connectivity index (χ0v) is 13.4. The first-order chi connectivity index (χ1) is 10.6. The molecule has 0 aliphatic carbocycles. The van der Waals surface area contributed by atoms with Crippen molar-refractivity contribution in [3.05, 3.63) is 41.2 Å². The van der Waals surface area contributed by atoms with Gasteiger partial charge in [0.25, 0.3) is 5.91 Å². The Labute approximate surface area is 134 Å². The molecule has 2 aromatic rings. The zero-order valence-electron chi connectivity index (χ0n) is 12.6. The molecule has 1 fully saturated rings. The number of ether oxygens (including phenoxy) is 1. The number of halogens is 1. The molecule has 22 heavy (non-hydrogen) atoms. The van der Waals surface area contributed by atoms with E-state index in [-0.39, 0.29) is 18.1 Å². The first-order valence-corrected chi connectivity index (χ1v) is 7.73. The minimum Gasteiger partial charge on any atom is -0.368 e. The maximum Gasteiger partial charge on any atom is 0.268 e. The van der Waals surface area contributed by atoms with Gasteiger partial charge in [0, 0.05) is 38.8 Å². The number of hydrogen-bond donors (Lipinski definition) is 1. The molecule has 2 aromatic heterocycles. The normalized spacial score (nSPS) is 21.2. The third kappa shape index (κ3) is 2.76. The Morgan fingerprint density at radius 2 is 2.41 bits per heavy atom. The van der Waals surface area contributed by atoms with Crippen molar-refractivity contribution in [2.45, 2.75) is 32.0 Å². The summed E-state index contributed by atoms with van der Waals surface area (Å²) in [6, 6.07) is 1.57. The smallest absolute Gasteiger partial charge is 0.268 e. The number of aromatic nitrogens is 3. The predicted molar refractivity (Wildman–Crippen MR) is 82.9 cm³/mol. The minimum atomic E-state index is -0.213. The van der Waals surface area contributed by atoms with Crippen LogP contribution in [0.25, 0.3) is 0 Å². The number of imidazole rings is 1. The van der Waals surface area contributed by atoms with Crippen LogP contribution in [0.5, 0.6) is 0 Å². The van der Waals surface area contributed by atoms with Gasteiger partial charge in [-0.25, -0.2) is 4.98 Å². The lowest BCUT2D eigenvalue weighted by Crippen LogP contribution is -2.38. The Morgan fingerprint density at radius 1 is 1.59 bits per heavy atom. The van der Waals surface area contributed by atoms with Crippen molar-refractivity contribution in [1.29, 1.82) is 0 Å². The molecule has 0 saturated carbocycles. The topological polar surface area (TPSA) is 61.1 Å². The van der Waals surface area contributed by atoms with Gasteiger partial charge in [-0.3, -0.25) is 4.79 Å². The molecule has 0 radical (unpaired) electrons. The van der Waals surface area contributed by atoms with E-state index in [1.54, 1.807) is 30.1 Å². The van der Waals surface area contributed by atoms with Crippen LogP contribution in [0.2, 0.25) is 5.02 Å². The second-order valence-electron chi connectivity index (χ2n) is 5.39. The van der Waals surface area contributed by atoms with Crippen molar-refractivity contribution >= 4 is 17.5 Å². The quantitative estimate of drug-likeness (QED) is 0.938. The second kappa shape index (κ2) is 6.14. The highest BCUT2D eigenvalue weighted by Crippen LogP contribution is 2.28. The summed E-state index contributed by atoms with van der Waals surface area (Å²) in [4.78, 5) is 16.8. The predicted octanol–water partition coefficient (Wildman–Crippen LogP) is 2.15. The van der Waals surface area contributed by atoms with Crippen molar-refractivity contribution in [3.63, 3.8) is 0 Å². The standard InChI is InChI=1S/C15H19ClN4O2/c1-3-20-6-5-17-14(20)13-11(4-7-22-13)18-15(21)12-8-10(16)9-19(12)2/h5-6,8-9,11,13H,3-4,7H2,1-2H3,(H,18,21)/t11-,13-/m0/s1. The molecule has 0 bridgehead atoms. The van der Waals surface area contributed by atoms with E-state index in [2.05, 4.69) is 17.2 Å². The largest absolute Gasteiger partial charge is 0.368 e. The van der Waals surface area contributed by atoms with Crippen molar-refractivity contribution < 1.29 is 9.53 Å². The van der Waals surface area contributed by atoms with E-state index >= 15 is 0 Å². The summed E-state index contributed by atoms with van der Waals surface area (Å²) in [5, 5.41) is 3.59. The van der Waals surface area contributed by atoms with E-state index in [0.29, 0.717) is 17.3 Å². The number of aryl methyl sites for hydroxylation is 2. The third-order valence-electron chi connectivity index (χ3n) is 3.96. The van der Waals surface area contributed by atoms with Crippen LogP contribution in [-0.4, -0.2) is 32.7 Å². The monoisotopic (exact) mass is 322 g/mol. The fraction of sp³-hybridized carbons (Fsp3) is 0.467. The Balaban J connectivity index is 1.77. The molecule has 3 rings (SSSR count). The van der Waals surface area contributed by atoms with Crippen LogP contribution in [0.15, 0.2) is 24.7 Å². The van der Waals surface area contributed by atoms with Crippen LogP contribution >= 0.6 is 11.6 Å². The Morgan fingerprint density at radius 3 is 3.09 bits per heavy atom. The Bertz CT molecular complexity index is 679. The lowest BCUT2D eigenvalue weighted by atomic mass is 10.1. The van der Waals surface area contributed by atoms with E-state index in [9.17, 15) is 4.79 Å². The molecule has 118 valence electrons. The van der Waals surface area contributed by atoms with Gasteiger partial charge in [0.1, 0.15) is 17.6 Å². The molecule has 1 saturated heterocycles. The van der Waals surface area contributed by atoms with Gasteiger partial charge < -0.3 is 19.2 Å². The maximum absolute atomic E-state index is 12.4. The summed E-state index contributed by atoms with van der Waals surface area (Å²) >= 11 is 5.94. The Hall–Kier alpha value is -1.79. The fourth-order valence-corrected chi connectivity index (χ4v) is 3.08. The van der Waals surface area contributed by atoms with Crippen molar-refractivity contribution in [3.8, 4) is 0 Å². The number of carbonyl (C=O) groups is 1. The molecule has 1 amide bonds. The fourth-order valence-electron chi connectivity index (χ4n) is 2.83. The average molecular weight is 323 g/mol. The zero-order chi connectivity index (χ0) is 15.7. The maximum atomic E-state index is 12.4. The molecule has 2 atom stereocenters. The van der Waals surface area contributed by atoms with Gasteiger partial charge in [-0.1, -0.05) is 11.6 Å². The number of nitrogens with zero attached hydrogens (tertiary/aromatic N) is 3. The molecule has 1 aliphatic heterocycles. The van der Waals surface area contributed by atoms with Gasteiger partial charge in [-0.15, -0.1) is 0 Å². The Kier molecular flexibility index (Phi) is 4.22. The molecular formula is C15H19ClN4O2. The minimum absolute atomic E-state index is 0.0890. The molecule has 7 heteroatoms. The van der Waals surface area contributed by atoms with Crippen molar-refractivity contribution in [2.24, 2.45) is 7.05 Å². The lowest BCUT2D eigenvalue weighted by molar-refractivity contribution is 0.0771. The summed E-state index contributed by atoms with van der Waals surface area (Å²) in [5.41, 5.74) is 0.537. The summed E-state index contributed by atoms with van der Waals surface area (Å²) in [6.45, 7) is 3.49. The summed E-state index contributed by atoms with van der Waals surface area (Å²) in [5.74, 6) is 0.708. The van der Waals surface area contributed by atoms with Crippen LogP contribution in [0.3, 0.4) is 0 Å². The summed E-state index contributed by atoms with van der Waals surface area (Å²) < 4.78 is 9.55. The van der Waals surface area contributed by atoms with Gasteiger partial charge in [0.05, 0.1) is 11.1 Å². The van der Waals surface area contributed by atoms with Crippen LogP contribution in [0.1, 0.15) is 35.8 Å². The lowest BCUT2D eigenvalue weighted by Gasteiger charge is -2.20. The van der Waals surface area contributed by atoms with E-state index in [4.69, 9.17) is 16.3 Å². The average Bonchev–Trinajstić information content (AvgIpc) is 3.17. The SMILES string of the molecule is CCn1ccnc1[C@H]1OCC[C@@H]1NC(=O)c1cc(Cl)cn1C. The van der Waals surface area contributed by atoms with Gasteiger partial charge in [0.15, 0.2) is 0 Å². The van der Waals surface area contributed by atoms with Crippen LogP contribution < -0.4 is 5.32 Å². The number of rotatable bonds is 4. The van der Waals surface area contributed by atoms with E-state index in [1.165, 1.54) is 0 Å². The van der Waals surface area contributed by atoms with Gasteiger partial charge >= 0.3 is 0 Å². The van der Waals surface area contributed by atoms with Gasteiger partial charge in [-0.2, -0.15) is 0 Å². The molecule has 0 aromatic carbocycles. The number of carbonyl (C=O) groups excluding carboxylic acids is 1. The van der Waals surface area contributed by atoms with E-state index in [0.717, 1.165) is 18.8 Å². The second-order valence-corrected chi connectivity index (χ2v) is 5.82. The van der Waals surface area contributed by atoms with Crippen molar-refractivity contribution in [2.75, 3.05) is 6.61 Å². The number of hydrogen-bond acceptors (Lipinski definition) is 3. The van der Waals surface area contributed by atoms with Crippen LogP contribution in [-0.2, 0) is 18.3 Å². The van der Waals surface area contributed by atoms with Gasteiger partial charge in [0.2, 0.25) is 0 Å². The number of amides is 1. The molecular weight excluding hydrogens is 304 g/mol. The highest BCUT2D eigenvalue weighted by molar-refractivity contribution is 6.31. The number of nitrogens with one attached hydrogen (secondary N) is 1. The molecule has 3 heterocycles. The summed E-state index contributed by atoms with van der Waals surface area (Å²) in [7, 11) is 1.80. The molecule has 1 aliphatic rings. The van der Waals surface area contributed by atoms with Crippen LogP contribution in [0.4, 0.5) is 0 Å². The van der Waals surface area contributed by atoms with E-state index < -0.39 is 0 Å². The molecule has 0 unspecified atom stereocenters. The first-order valence-electron chi connectivity index (χ1n) is 7.35. The van der Waals surface area contributed by atoms with Crippen LogP contribution in [0, 0.1) is 0 Å². The van der Waals surface area contributed by atoms with Gasteiger partial charge in [-0.05, 0) is 19.4 Å².